The van der Waals surface area contributed by atoms with Crippen molar-refractivity contribution in [3.63, 3.8) is 0 Å². The first-order valence-corrected chi connectivity index (χ1v) is 7.09. The first-order chi connectivity index (χ1) is 9.85. The van der Waals surface area contributed by atoms with Gasteiger partial charge in [-0.15, -0.1) is 0 Å². The molecule has 1 heterocycles. The van der Waals surface area contributed by atoms with Gasteiger partial charge in [-0.1, -0.05) is 18.2 Å². The first-order valence-electron chi connectivity index (χ1n) is 7.09. The van der Waals surface area contributed by atoms with Gasteiger partial charge in [-0.2, -0.15) is 0 Å². The molecule has 0 bridgehead atoms. The Bertz CT molecular complexity index is 465. The third-order valence-corrected chi connectivity index (χ3v) is 3.06. The van der Waals surface area contributed by atoms with Gasteiger partial charge in [-0.25, -0.2) is 4.79 Å². The highest BCUT2D eigenvalue weighted by Gasteiger charge is 2.37. The van der Waals surface area contributed by atoms with Crippen molar-refractivity contribution in [1.82, 2.24) is 0 Å². The Balaban J connectivity index is 1.82. The van der Waals surface area contributed by atoms with Crippen LogP contribution in [0.25, 0.3) is 0 Å². The fourth-order valence-electron chi connectivity index (χ4n) is 2.13. The molecule has 1 aliphatic heterocycles. The highest BCUT2D eigenvalue weighted by Crippen LogP contribution is 2.25. The van der Waals surface area contributed by atoms with E-state index in [0.717, 1.165) is 0 Å². The van der Waals surface area contributed by atoms with Gasteiger partial charge in [0.05, 0.1) is 17.3 Å². The second-order valence-corrected chi connectivity index (χ2v) is 6.10. The minimum Gasteiger partial charge on any atom is -0.459 e. The summed E-state index contributed by atoms with van der Waals surface area (Å²) in [4.78, 5) is 11.8. The quantitative estimate of drug-likeness (QED) is 0.862. The molecule has 0 amide bonds. The molecule has 0 radical (unpaired) electrons. The molecule has 0 saturated carbocycles. The summed E-state index contributed by atoms with van der Waals surface area (Å²) >= 11 is 0. The van der Waals surface area contributed by atoms with Crippen LogP contribution in [0.5, 0.6) is 0 Å². The predicted octanol–water partition coefficient (Wildman–Crippen LogP) is 2.13. The molecule has 1 fully saturated rings. The van der Waals surface area contributed by atoms with E-state index >= 15 is 0 Å². The number of aliphatic hydroxyl groups excluding tert-OH is 1. The molecule has 0 spiro atoms. The van der Waals surface area contributed by atoms with Crippen molar-refractivity contribution < 1.29 is 24.1 Å². The summed E-state index contributed by atoms with van der Waals surface area (Å²) in [5.41, 5.74) is 0.132. The number of aliphatic hydroxyl groups is 1. The largest absolute Gasteiger partial charge is 0.459 e. The normalized spacial score (nSPS) is 25.8. The fraction of sp³-hybridized carbons (Fsp3) is 0.562. The number of benzene rings is 1. The fourth-order valence-corrected chi connectivity index (χ4v) is 2.13. The zero-order valence-electron chi connectivity index (χ0n) is 12.6. The highest BCUT2D eigenvalue weighted by atomic mass is 16.7. The van der Waals surface area contributed by atoms with Crippen LogP contribution in [0.4, 0.5) is 0 Å². The Labute approximate surface area is 124 Å². The maximum absolute atomic E-state index is 11.8. The van der Waals surface area contributed by atoms with E-state index in [2.05, 4.69) is 0 Å². The second kappa shape index (κ2) is 6.56. The van der Waals surface area contributed by atoms with Crippen LogP contribution >= 0.6 is 0 Å². The lowest BCUT2D eigenvalue weighted by Crippen LogP contribution is -2.29. The van der Waals surface area contributed by atoms with E-state index in [4.69, 9.17) is 14.2 Å². The minimum absolute atomic E-state index is 0.0128. The molecular formula is C16H22O5. The molecule has 3 atom stereocenters. The molecular weight excluding hydrogens is 272 g/mol. The molecule has 5 heteroatoms. The number of hydrogen-bond acceptors (Lipinski definition) is 5. The van der Waals surface area contributed by atoms with Crippen molar-refractivity contribution in [3.05, 3.63) is 35.9 Å². The van der Waals surface area contributed by atoms with Crippen LogP contribution in [-0.4, -0.2) is 41.8 Å². The van der Waals surface area contributed by atoms with Gasteiger partial charge in [0.15, 0.2) is 6.29 Å². The summed E-state index contributed by atoms with van der Waals surface area (Å²) in [6.07, 6.45) is -1.34. The lowest BCUT2D eigenvalue weighted by molar-refractivity contribution is -0.191. The van der Waals surface area contributed by atoms with Gasteiger partial charge in [0.25, 0.3) is 0 Å². The van der Waals surface area contributed by atoms with Crippen LogP contribution in [-0.2, 0) is 14.2 Å². The van der Waals surface area contributed by atoms with Crippen molar-refractivity contribution in [3.8, 4) is 0 Å². The predicted molar refractivity (Wildman–Crippen MR) is 76.8 cm³/mol. The van der Waals surface area contributed by atoms with Gasteiger partial charge in [-0.05, 0) is 32.9 Å². The molecule has 0 unspecified atom stereocenters. The van der Waals surface area contributed by atoms with Crippen molar-refractivity contribution in [2.75, 3.05) is 6.61 Å². The van der Waals surface area contributed by atoms with Crippen LogP contribution in [0.2, 0.25) is 0 Å². The van der Waals surface area contributed by atoms with E-state index in [-0.39, 0.29) is 12.2 Å². The average molecular weight is 294 g/mol. The summed E-state index contributed by atoms with van der Waals surface area (Å²) in [5.74, 6) is -0.424. The molecule has 1 aromatic carbocycles. The van der Waals surface area contributed by atoms with Crippen LogP contribution in [0.1, 0.15) is 37.6 Å². The van der Waals surface area contributed by atoms with Crippen molar-refractivity contribution in [1.29, 1.82) is 0 Å². The third-order valence-electron chi connectivity index (χ3n) is 3.06. The van der Waals surface area contributed by atoms with Gasteiger partial charge >= 0.3 is 5.97 Å². The molecule has 2 rings (SSSR count). The third kappa shape index (κ3) is 4.81. The van der Waals surface area contributed by atoms with Crippen LogP contribution < -0.4 is 0 Å². The van der Waals surface area contributed by atoms with Crippen LogP contribution in [0, 0.1) is 0 Å². The smallest absolute Gasteiger partial charge is 0.338 e. The van der Waals surface area contributed by atoms with Crippen molar-refractivity contribution in [2.45, 2.75) is 51.3 Å². The van der Waals surface area contributed by atoms with Crippen LogP contribution in [0.15, 0.2) is 30.3 Å². The summed E-state index contributed by atoms with van der Waals surface area (Å²) in [6, 6.07) is 8.73. The van der Waals surface area contributed by atoms with Crippen molar-refractivity contribution >= 4 is 5.97 Å². The summed E-state index contributed by atoms with van der Waals surface area (Å²) in [6.45, 7) is 5.78. The van der Waals surface area contributed by atoms with Crippen molar-refractivity contribution in [2.24, 2.45) is 0 Å². The van der Waals surface area contributed by atoms with E-state index in [1.807, 2.05) is 26.8 Å². The summed E-state index contributed by atoms with van der Waals surface area (Å²) in [7, 11) is 0. The Morgan fingerprint density at radius 3 is 2.62 bits per heavy atom. The Kier molecular flexibility index (Phi) is 4.98. The molecule has 1 aromatic rings. The summed E-state index contributed by atoms with van der Waals surface area (Å²) in [5, 5.41) is 9.94. The van der Waals surface area contributed by atoms with Gasteiger partial charge in [-0.3, -0.25) is 0 Å². The number of carbonyl (C=O) groups excluding carboxylic acids is 1. The Morgan fingerprint density at radius 2 is 2.00 bits per heavy atom. The number of ether oxygens (including phenoxy) is 3. The maximum atomic E-state index is 11.8. The first kappa shape index (κ1) is 15.9. The summed E-state index contributed by atoms with van der Waals surface area (Å²) < 4.78 is 16.4. The number of carbonyl (C=O) groups is 1. The Morgan fingerprint density at radius 1 is 1.33 bits per heavy atom. The van der Waals surface area contributed by atoms with Gasteiger partial charge in [0.1, 0.15) is 12.7 Å². The molecule has 1 N–H and O–H groups in total. The molecule has 0 aliphatic carbocycles. The van der Waals surface area contributed by atoms with E-state index in [9.17, 15) is 9.90 Å². The minimum atomic E-state index is -0.694. The van der Waals surface area contributed by atoms with E-state index in [0.29, 0.717) is 12.0 Å². The van der Waals surface area contributed by atoms with Gasteiger partial charge in [0.2, 0.25) is 0 Å². The number of hydrogen-bond donors (Lipinski definition) is 1. The molecule has 1 saturated heterocycles. The Hall–Kier alpha value is -1.43. The van der Waals surface area contributed by atoms with E-state index in [1.165, 1.54) is 0 Å². The SMILES string of the molecule is CC(C)(C)O[C@@H]1C[C@@H](O)[C@@H](COC(=O)c2ccccc2)O1. The number of esters is 1. The topological polar surface area (TPSA) is 65.0 Å². The van der Waals surface area contributed by atoms with E-state index < -0.39 is 24.5 Å². The van der Waals surface area contributed by atoms with Gasteiger partial charge < -0.3 is 19.3 Å². The standard InChI is InChI=1S/C16H22O5/c1-16(2,3)21-14-9-12(17)13(20-14)10-19-15(18)11-7-5-4-6-8-11/h4-8,12-14,17H,9-10H2,1-3H3/t12-,13-,14-/m1/s1. The maximum Gasteiger partial charge on any atom is 0.338 e. The lowest BCUT2D eigenvalue weighted by atomic mass is 10.1. The van der Waals surface area contributed by atoms with Crippen LogP contribution in [0.3, 0.4) is 0 Å². The molecule has 5 nitrogen and oxygen atoms in total. The molecule has 116 valence electrons. The zero-order chi connectivity index (χ0) is 15.5. The monoisotopic (exact) mass is 294 g/mol. The van der Waals surface area contributed by atoms with E-state index in [1.54, 1.807) is 24.3 Å². The highest BCUT2D eigenvalue weighted by molar-refractivity contribution is 5.89. The number of rotatable bonds is 4. The molecule has 21 heavy (non-hydrogen) atoms. The lowest BCUT2D eigenvalue weighted by Gasteiger charge is -2.24. The zero-order valence-corrected chi connectivity index (χ0v) is 12.6. The average Bonchev–Trinajstić information content (AvgIpc) is 2.74. The van der Waals surface area contributed by atoms with Gasteiger partial charge in [0, 0.05) is 6.42 Å². The second-order valence-electron chi connectivity index (χ2n) is 6.10. The molecule has 0 aromatic heterocycles. The molecule has 1 aliphatic rings.